The first kappa shape index (κ1) is 16.3. The lowest BCUT2D eigenvalue weighted by Gasteiger charge is -2.24. The van der Waals surface area contributed by atoms with Crippen LogP contribution >= 0.6 is 11.3 Å². The van der Waals surface area contributed by atoms with Gasteiger partial charge in [-0.2, -0.15) is 0 Å². The lowest BCUT2D eigenvalue weighted by Crippen LogP contribution is -2.35. The molecule has 23 heavy (non-hydrogen) atoms. The molecule has 0 aromatic carbocycles. The van der Waals surface area contributed by atoms with Crippen molar-refractivity contribution in [1.82, 2.24) is 4.90 Å². The van der Waals surface area contributed by atoms with Gasteiger partial charge in [-0.15, -0.1) is 11.3 Å². The van der Waals surface area contributed by atoms with Crippen molar-refractivity contribution in [2.24, 2.45) is 5.92 Å². The van der Waals surface area contributed by atoms with Crippen LogP contribution in [0.15, 0.2) is 34.9 Å². The van der Waals surface area contributed by atoms with Crippen LogP contribution in [0.1, 0.15) is 21.9 Å². The summed E-state index contributed by atoms with van der Waals surface area (Å²) in [7, 11) is -3.07. The minimum absolute atomic E-state index is 0.0377. The first-order valence-electron chi connectivity index (χ1n) is 7.50. The van der Waals surface area contributed by atoms with Gasteiger partial charge in [0.15, 0.2) is 9.84 Å². The summed E-state index contributed by atoms with van der Waals surface area (Å²) in [4.78, 5) is 16.8. The van der Waals surface area contributed by atoms with Gasteiger partial charge in [0.1, 0.15) is 5.76 Å². The van der Waals surface area contributed by atoms with Crippen molar-refractivity contribution in [2.75, 3.05) is 11.5 Å². The number of carbonyl (C=O) groups excluding carboxylic acids is 1. The number of sulfone groups is 1. The molecule has 2 aromatic rings. The van der Waals surface area contributed by atoms with Gasteiger partial charge < -0.3 is 9.32 Å². The van der Waals surface area contributed by atoms with E-state index in [-0.39, 0.29) is 17.4 Å². The fourth-order valence-electron chi connectivity index (χ4n) is 2.81. The lowest BCUT2D eigenvalue weighted by molar-refractivity contribution is -0.136. The zero-order valence-corrected chi connectivity index (χ0v) is 14.5. The maximum Gasteiger partial charge on any atom is 0.227 e. The molecule has 2 aromatic heterocycles. The van der Waals surface area contributed by atoms with Crippen LogP contribution in [-0.4, -0.2) is 30.7 Å². The average Bonchev–Trinajstić information content (AvgIpc) is 3.20. The van der Waals surface area contributed by atoms with Gasteiger partial charge in [0.25, 0.3) is 0 Å². The molecule has 1 fully saturated rings. The largest absolute Gasteiger partial charge is 0.467 e. The van der Waals surface area contributed by atoms with E-state index in [1.165, 1.54) is 4.88 Å². The highest BCUT2D eigenvalue weighted by Crippen LogP contribution is 2.25. The van der Waals surface area contributed by atoms with Gasteiger partial charge in [-0.05, 0) is 37.6 Å². The van der Waals surface area contributed by atoms with Gasteiger partial charge in [-0.1, -0.05) is 0 Å². The molecule has 1 aliphatic heterocycles. The smallest absolute Gasteiger partial charge is 0.227 e. The monoisotopic (exact) mass is 353 g/mol. The van der Waals surface area contributed by atoms with Crippen molar-refractivity contribution in [3.8, 4) is 0 Å². The number of hydrogen-bond acceptors (Lipinski definition) is 5. The molecule has 1 saturated heterocycles. The fourth-order valence-corrected chi connectivity index (χ4v) is 5.45. The molecular formula is C16H19NO4S2. The molecular weight excluding hydrogens is 334 g/mol. The fraction of sp³-hybridized carbons (Fsp3) is 0.438. The third-order valence-corrected chi connectivity index (χ3v) is 6.72. The van der Waals surface area contributed by atoms with E-state index in [4.69, 9.17) is 4.42 Å². The number of hydrogen-bond donors (Lipinski definition) is 0. The van der Waals surface area contributed by atoms with E-state index in [0.29, 0.717) is 25.3 Å². The summed E-state index contributed by atoms with van der Waals surface area (Å²) in [6.07, 6.45) is 1.99. The molecule has 0 spiro atoms. The first-order valence-corrected chi connectivity index (χ1v) is 10.1. The Morgan fingerprint density at radius 3 is 2.74 bits per heavy atom. The number of aryl methyl sites for hydroxylation is 1. The molecule has 0 radical (unpaired) electrons. The molecule has 1 aliphatic rings. The van der Waals surface area contributed by atoms with Crippen LogP contribution in [-0.2, 0) is 27.7 Å². The maximum atomic E-state index is 12.8. The number of thiophene rings is 1. The second-order valence-electron chi connectivity index (χ2n) is 5.89. The second-order valence-corrected chi connectivity index (χ2v) is 9.49. The molecule has 1 atom stereocenters. The highest BCUT2D eigenvalue weighted by Gasteiger charge is 2.35. The third-order valence-electron chi connectivity index (χ3n) is 3.96. The molecule has 7 heteroatoms. The van der Waals surface area contributed by atoms with E-state index >= 15 is 0 Å². The van der Waals surface area contributed by atoms with Gasteiger partial charge >= 0.3 is 0 Å². The number of furan rings is 1. The Bertz CT molecular complexity index is 777. The minimum atomic E-state index is -3.07. The van der Waals surface area contributed by atoms with Gasteiger partial charge in [-0.25, -0.2) is 8.42 Å². The van der Waals surface area contributed by atoms with Crippen molar-refractivity contribution in [3.05, 3.63) is 46.0 Å². The van der Waals surface area contributed by atoms with Crippen LogP contribution in [0.25, 0.3) is 0 Å². The normalized spacial score (nSPS) is 19.8. The number of nitrogens with zero attached hydrogens (tertiary/aromatic N) is 1. The summed E-state index contributed by atoms with van der Waals surface area (Å²) in [6, 6.07) is 7.64. The van der Waals surface area contributed by atoms with E-state index in [1.54, 1.807) is 28.6 Å². The third kappa shape index (κ3) is 4.03. The van der Waals surface area contributed by atoms with E-state index in [0.717, 1.165) is 4.88 Å². The Hall–Kier alpha value is -1.60. The zero-order valence-electron chi connectivity index (χ0n) is 12.9. The van der Waals surface area contributed by atoms with E-state index < -0.39 is 15.8 Å². The van der Waals surface area contributed by atoms with Crippen LogP contribution in [0, 0.1) is 12.8 Å². The van der Waals surface area contributed by atoms with Crippen LogP contribution < -0.4 is 0 Å². The minimum Gasteiger partial charge on any atom is -0.467 e. The summed E-state index contributed by atoms with van der Waals surface area (Å²) >= 11 is 1.65. The number of amides is 1. The zero-order chi connectivity index (χ0) is 16.4. The Labute approximate surface area is 139 Å². The predicted molar refractivity (Wildman–Crippen MR) is 88.8 cm³/mol. The summed E-state index contributed by atoms with van der Waals surface area (Å²) in [6.45, 7) is 2.87. The van der Waals surface area contributed by atoms with Crippen LogP contribution in [0.4, 0.5) is 0 Å². The SMILES string of the molecule is Cc1ccc(CN(Cc2ccco2)C(=O)C2CCS(=O)(=O)C2)s1. The highest BCUT2D eigenvalue weighted by atomic mass is 32.2. The molecule has 3 rings (SSSR count). The molecule has 3 heterocycles. The van der Waals surface area contributed by atoms with Gasteiger partial charge in [0, 0.05) is 9.75 Å². The van der Waals surface area contributed by atoms with Crippen LogP contribution in [0.3, 0.4) is 0 Å². The molecule has 0 bridgehead atoms. The van der Waals surface area contributed by atoms with Crippen molar-refractivity contribution >= 4 is 27.1 Å². The molecule has 0 aliphatic carbocycles. The summed E-state index contributed by atoms with van der Waals surface area (Å²) < 4.78 is 28.7. The molecule has 124 valence electrons. The standard InChI is InChI=1S/C16H19NO4S2/c1-12-4-5-15(22-12)10-17(9-14-3-2-7-21-14)16(18)13-6-8-23(19,20)11-13/h2-5,7,13H,6,8-11H2,1H3. The molecule has 1 amide bonds. The Balaban J connectivity index is 1.77. The van der Waals surface area contributed by atoms with Crippen molar-refractivity contribution < 1.29 is 17.6 Å². The highest BCUT2D eigenvalue weighted by molar-refractivity contribution is 7.91. The Morgan fingerprint density at radius 2 is 2.17 bits per heavy atom. The first-order chi connectivity index (χ1) is 10.9. The lowest BCUT2D eigenvalue weighted by atomic mass is 10.1. The maximum absolute atomic E-state index is 12.8. The van der Waals surface area contributed by atoms with E-state index in [9.17, 15) is 13.2 Å². The Morgan fingerprint density at radius 1 is 1.35 bits per heavy atom. The molecule has 5 nitrogen and oxygen atoms in total. The molecule has 0 saturated carbocycles. The van der Waals surface area contributed by atoms with Crippen molar-refractivity contribution in [2.45, 2.75) is 26.4 Å². The van der Waals surface area contributed by atoms with Gasteiger partial charge in [0.05, 0.1) is 36.8 Å². The van der Waals surface area contributed by atoms with E-state index in [2.05, 4.69) is 0 Å². The summed E-state index contributed by atoms with van der Waals surface area (Å²) in [5.74, 6) is 0.233. The summed E-state index contributed by atoms with van der Waals surface area (Å²) in [5.41, 5.74) is 0. The summed E-state index contributed by atoms with van der Waals surface area (Å²) in [5, 5.41) is 0. The van der Waals surface area contributed by atoms with Gasteiger partial charge in [-0.3, -0.25) is 4.79 Å². The number of carbonyl (C=O) groups is 1. The van der Waals surface area contributed by atoms with Crippen molar-refractivity contribution in [1.29, 1.82) is 0 Å². The molecule has 1 unspecified atom stereocenters. The topological polar surface area (TPSA) is 67.6 Å². The number of rotatable bonds is 5. The Kier molecular flexibility index (Phi) is 4.59. The average molecular weight is 353 g/mol. The second kappa shape index (κ2) is 6.49. The van der Waals surface area contributed by atoms with E-state index in [1.807, 2.05) is 25.1 Å². The predicted octanol–water partition coefficient (Wildman–Crippen LogP) is 2.61. The van der Waals surface area contributed by atoms with Crippen LogP contribution in [0.2, 0.25) is 0 Å². The quantitative estimate of drug-likeness (QED) is 0.829. The molecule has 0 N–H and O–H groups in total. The van der Waals surface area contributed by atoms with Crippen LogP contribution in [0.5, 0.6) is 0 Å². The van der Waals surface area contributed by atoms with Gasteiger partial charge in [0.2, 0.25) is 5.91 Å². The van der Waals surface area contributed by atoms with Crippen molar-refractivity contribution in [3.63, 3.8) is 0 Å².